The molecule has 0 radical (unpaired) electrons. The summed E-state index contributed by atoms with van der Waals surface area (Å²) >= 11 is 18.5. The van der Waals surface area contributed by atoms with Crippen molar-refractivity contribution in [3.8, 4) is 57.1 Å². The van der Waals surface area contributed by atoms with E-state index in [0.29, 0.717) is 109 Å². The van der Waals surface area contributed by atoms with Crippen LogP contribution in [0.3, 0.4) is 0 Å². The van der Waals surface area contributed by atoms with Gasteiger partial charge in [-0.2, -0.15) is 4.39 Å². The third kappa shape index (κ3) is 18.0. The first-order chi connectivity index (χ1) is 47.8. The van der Waals surface area contributed by atoms with E-state index in [1.807, 2.05) is 6.92 Å². The van der Waals surface area contributed by atoms with Gasteiger partial charge in [-0.3, -0.25) is 43.0 Å². The van der Waals surface area contributed by atoms with Gasteiger partial charge in [-0.05, 0) is 154 Å². The van der Waals surface area contributed by atoms with E-state index >= 15 is 0 Å². The zero-order valence-electron chi connectivity index (χ0n) is 56.4. The number of rotatable bonds is 14. The van der Waals surface area contributed by atoms with E-state index in [-0.39, 0.29) is 51.3 Å². The van der Waals surface area contributed by atoms with E-state index in [9.17, 15) is 66.7 Å². The minimum Gasteiger partial charge on any atom is -0.478 e. The monoisotopic (exact) mass is 1460 g/mol. The van der Waals surface area contributed by atoms with Crippen molar-refractivity contribution in [2.75, 3.05) is 0 Å². The highest BCUT2D eigenvalue weighted by molar-refractivity contribution is 6.33. The first-order valence-electron chi connectivity index (χ1n) is 30.4. The number of nitrogens with zero attached hydrogens (tertiary/aromatic N) is 14. The van der Waals surface area contributed by atoms with E-state index in [2.05, 4.69) is 54.8 Å². The SMILES string of the molecule is Cc1cnc(-c2ccnc(C(C)(C)O)n2)cc1-n1c(C)cc(C(=O)O)c(Cl)c1=O.Cc1cnc(-c2ccnc(C(C)(C)O)n2)cc1-n1c(C)cc(CO)c(Cl)c1=O.Cc1cnc(-c2ccnc(C(C)(C)O)n2)cc1-n1c(C)cc(COc2ncc(F)cc2F)c(Cl)c1=O.Fc1cnc(F)c(F)c1. The van der Waals surface area contributed by atoms with Gasteiger partial charge in [-0.1, -0.05) is 34.8 Å². The Morgan fingerprint density at radius 1 is 0.461 bits per heavy atom. The lowest BCUT2D eigenvalue weighted by molar-refractivity contribution is 0.0683. The topological polar surface area (TPSA) is 335 Å². The minimum absolute atomic E-state index is 0.0165. The summed E-state index contributed by atoms with van der Waals surface area (Å²) in [6, 6.07) is 15.9. The van der Waals surface area contributed by atoms with E-state index < -0.39 is 74.5 Å². The highest BCUT2D eigenvalue weighted by Gasteiger charge is 2.26. The smallest absolute Gasteiger partial charge is 0.337 e. The van der Waals surface area contributed by atoms with Crippen LogP contribution in [-0.4, -0.2) is 100 Å². The molecule has 0 aromatic carbocycles. The molecule has 0 aliphatic carbocycles. The van der Waals surface area contributed by atoms with Gasteiger partial charge in [-0.15, -0.1) is 0 Å². The number of hydrogen-bond acceptors (Lipinski definition) is 20. The van der Waals surface area contributed by atoms with Gasteiger partial charge in [-0.25, -0.2) is 62.2 Å². The van der Waals surface area contributed by atoms with Gasteiger partial charge in [0.15, 0.2) is 29.1 Å². The normalized spacial score (nSPS) is 11.4. The molecule has 11 aromatic rings. The Morgan fingerprint density at radius 3 is 1.17 bits per heavy atom. The van der Waals surface area contributed by atoms with E-state index in [4.69, 9.17) is 39.5 Å². The largest absolute Gasteiger partial charge is 0.478 e. The second-order valence-corrected chi connectivity index (χ2v) is 25.5. The number of aliphatic hydroxyl groups is 4. The number of aromatic carboxylic acids is 1. The number of carboxylic acid groups (broad SMARTS) is 1. The number of ether oxygens (including phenoxy) is 1. The van der Waals surface area contributed by atoms with Gasteiger partial charge in [0.1, 0.15) is 50.1 Å². The minimum atomic E-state index is -1.28. The average molecular weight is 1460 g/mol. The molecule has 0 atom stereocenters. The number of aryl methyl sites for hydroxylation is 6. The first kappa shape index (κ1) is 77.2. The molecule has 0 aliphatic heterocycles. The van der Waals surface area contributed by atoms with Crippen LogP contribution >= 0.6 is 34.8 Å². The summed E-state index contributed by atoms with van der Waals surface area (Å²) in [6.07, 6.45) is 10.9. The standard InChI is InChI=1S/C25H22ClF2N5O3.C20H19ClN4O4.C20H21ClN4O3.C5H2F3N/c1-13-10-30-19(18-5-6-29-24(32-18)25(3,4)35)9-20(13)33-14(2)7-15(21(26)23(33)34)12-36-22-17(28)8-16(27)11-31-22;1-10-9-23-14(13-5-6-22-19(24-13)20(3,4)29)8-15(10)25-11(2)7-12(18(27)28)16(21)17(25)26;1-11-9-23-15(14-5-6-22-19(24-14)20(3,4)28)8-16(11)25-12(2)7-13(10-26)17(21)18(25)27;6-3-1-4(7)5(8)9-2-3/h5-11,35H,12H2,1-4H3;5-9,29H,1-4H3,(H,27,28);5-9,26,28H,10H2,1-4H3;1-2H. The number of carbonyl (C=O) groups is 1. The predicted octanol–water partition coefficient (Wildman–Crippen LogP) is 11.5. The molecule has 530 valence electrons. The molecule has 0 unspecified atom stereocenters. The number of halogens is 8. The van der Waals surface area contributed by atoms with Gasteiger partial charge < -0.3 is 30.3 Å². The Balaban J connectivity index is 0.000000184. The van der Waals surface area contributed by atoms with Gasteiger partial charge >= 0.3 is 5.97 Å². The highest BCUT2D eigenvalue weighted by atomic mass is 35.5. The second-order valence-electron chi connectivity index (χ2n) is 24.3. The van der Waals surface area contributed by atoms with Crippen LogP contribution in [0.5, 0.6) is 5.88 Å². The van der Waals surface area contributed by atoms with E-state index in [1.54, 1.807) is 149 Å². The lowest BCUT2D eigenvalue weighted by atomic mass is 10.1. The van der Waals surface area contributed by atoms with Crippen LogP contribution in [0.15, 0.2) is 131 Å². The summed E-state index contributed by atoms with van der Waals surface area (Å²) in [5.41, 5.74) is 3.58. The van der Waals surface area contributed by atoms with Crippen LogP contribution in [-0.2, 0) is 30.0 Å². The van der Waals surface area contributed by atoms with Crippen LogP contribution in [0.25, 0.3) is 51.2 Å². The predicted molar refractivity (Wildman–Crippen MR) is 367 cm³/mol. The molecule has 11 heterocycles. The second kappa shape index (κ2) is 31.6. The molecule has 24 nitrogen and oxygen atoms in total. The molecule has 11 aromatic heterocycles. The fourth-order valence-electron chi connectivity index (χ4n) is 9.66. The van der Waals surface area contributed by atoms with Crippen LogP contribution in [0, 0.1) is 70.8 Å². The van der Waals surface area contributed by atoms with Crippen LogP contribution < -0.4 is 21.4 Å². The van der Waals surface area contributed by atoms with Crippen molar-refractivity contribution in [2.24, 2.45) is 0 Å². The molecule has 5 N–H and O–H groups in total. The van der Waals surface area contributed by atoms with Gasteiger partial charge in [0, 0.05) is 77.5 Å². The van der Waals surface area contributed by atoms with Gasteiger partial charge in [0.2, 0.25) is 5.95 Å². The average Bonchev–Trinajstić information content (AvgIpc) is 0.784. The maximum absolute atomic E-state index is 13.9. The molecule has 0 bridgehead atoms. The Kier molecular flexibility index (Phi) is 23.9. The van der Waals surface area contributed by atoms with Crippen molar-refractivity contribution in [3.63, 3.8) is 0 Å². The molecular weight excluding hydrogens is 1400 g/mol. The molecular formula is C70H64Cl3F5N14O10. The lowest BCUT2D eigenvalue weighted by Crippen LogP contribution is -2.24. The summed E-state index contributed by atoms with van der Waals surface area (Å²) in [7, 11) is 0. The maximum Gasteiger partial charge on any atom is 0.337 e. The first-order valence-corrected chi connectivity index (χ1v) is 31.5. The number of hydrogen-bond donors (Lipinski definition) is 5. The van der Waals surface area contributed by atoms with Crippen molar-refractivity contribution < 1.29 is 57.0 Å². The van der Waals surface area contributed by atoms with Crippen molar-refractivity contribution in [1.29, 1.82) is 0 Å². The summed E-state index contributed by atoms with van der Waals surface area (Å²) in [5.74, 6) is -6.15. The molecule has 32 heteroatoms. The van der Waals surface area contributed by atoms with Gasteiger partial charge in [0.05, 0.1) is 75.8 Å². The van der Waals surface area contributed by atoms with E-state index in [1.165, 1.54) is 32.2 Å². The van der Waals surface area contributed by atoms with Crippen molar-refractivity contribution in [1.82, 2.24) is 68.5 Å². The Morgan fingerprint density at radius 2 is 0.814 bits per heavy atom. The molecule has 0 aliphatic rings. The maximum atomic E-state index is 13.9. The van der Waals surface area contributed by atoms with Crippen molar-refractivity contribution in [2.45, 2.75) is 113 Å². The third-order valence-electron chi connectivity index (χ3n) is 14.8. The van der Waals surface area contributed by atoms with Crippen LogP contribution in [0.1, 0.15) is 114 Å². The number of pyridine rings is 8. The summed E-state index contributed by atoms with van der Waals surface area (Å²) < 4.78 is 72.1. The molecule has 0 fully saturated rings. The molecule has 0 saturated heterocycles. The van der Waals surface area contributed by atoms with Crippen molar-refractivity contribution in [3.05, 3.63) is 260 Å². The fourth-order valence-corrected chi connectivity index (χ4v) is 10.3. The number of aromatic nitrogens is 14. The van der Waals surface area contributed by atoms with Crippen LogP contribution in [0.4, 0.5) is 22.0 Å². The number of carboxylic acids is 1. The highest BCUT2D eigenvalue weighted by Crippen LogP contribution is 2.30. The molecule has 0 spiro atoms. The van der Waals surface area contributed by atoms with Crippen molar-refractivity contribution >= 4 is 40.8 Å². The Labute approximate surface area is 593 Å². The molecule has 0 amide bonds. The van der Waals surface area contributed by atoms with E-state index in [0.717, 1.165) is 11.8 Å². The molecule has 11 rings (SSSR count). The fraction of sp³-hybridized carbons (Fsp3) is 0.243. The summed E-state index contributed by atoms with van der Waals surface area (Å²) in [4.78, 5) is 95.2. The molecule has 102 heavy (non-hydrogen) atoms. The van der Waals surface area contributed by atoms with Gasteiger partial charge in [0.25, 0.3) is 22.6 Å². The third-order valence-corrected chi connectivity index (χ3v) is 16.0. The zero-order valence-corrected chi connectivity index (χ0v) is 58.7. The Hall–Kier alpha value is -10.5. The molecule has 0 saturated carbocycles. The summed E-state index contributed by atoms with van der Waals surface area (Å²) in [6.45, 7) is 19.5. The lowest BCUT2D eigenvalue weighted by Gasteiger charge is -2.17. The quantitative estimate of drug-likeness (QED) is 0.0499. The summed E-state index contributed by atoms with van der Waals surface area (Å²) in [5, 5.41) is 48.7. The van der Waals surface area contributed by atoms with Crippen LogP contribution in [0.2, 0.25) is 15.1 Å². The Bertz CT molecular complexity index is 5220. The number of aliphatic hydroxyl groups excluding tert-OH is 1. The zero-order chi connectivity index (χ0) is 75.2.